The van der Waals surface area contributed by atoms with Gasteiger partial charge in [0, 0.05) is 35.5 Å². The second kappa shape index (κ2) is 8.49. The third-order valence-corrected chi connectivity index (χ3v) is 6.10. The summed E-state index contributed by atoms with van der Waals surface area (Å²) in [5, 5.41) is 28.0. The largest absolute Gasteiger partial charge is 0.491 e. The third kappa shape index (κ3) is 3.69. The van der Waals surface area contributed by atoms with Gasteiger partial charge in [0.15, 0.2) is 6.19 Å². The molecule has 10 heteroatoms. The molecular formula is C24H21FN8O. The highest BCUT2D eigenvalue weighted by Crippen LogP contribution is 2.33. The zero-order chi connectivity index (χ0) is 23.8. The number of hydrogen-bond donors (Lipinski definition) is 0. The minimum atomic E-state index is -0.389. The van der Waals surface area contributed by atoms with Crippen LogP contribution >= 0.6 is 0 Å². The second-order valence-corrected chi connectivity index (χ2v) is 8.33. The molecule has 5 rings (SSSR count). The van der Waals surface area contributed by atoms with Crippen molar-refractivity contribution < 1.29 is 9.13 Å². The normalized spacial score (nSPS) is 13.9. The molecule has 4 aromatic heterocycles. The van der Waals surface area contributed by atoms with E-state index < -0.39 is 0 Å². The number of ether oxygens (including phenoxy) is 1. The highest BCUT2D eigenvalue weighted by atomic mass is 19.1. The van der Waals surface area contributed by atoms with E-state index in [1.165, 1.54) is 18.5 Å². The van der Waals surface area contributed by atoms with E-state index in [4.69, 9.17) is 9.84 Å². The summed E-state index contributed by atoms with van der Waals surface area (Å²) in [7, 11) is 0. The van der Waals surface area contributed by atoms with Crippen LogP contribution in [0, 0.1) is 35.5 Å². The van der Waals surface area contributed by atoms with Gasteiger partial charge < -0.3 is 9.64 Å². The standard InChI is InChI=1S/C24H21FN8O/c1-15(20-4-3-19(25)10-28-20)13-34-22-7-17(11-33-24(22)18(8-26)9-29-33)23-16(2)21-12-31(14-27)5-6-32(21)30-23/h3-4,7,9-11,15H,5-6,12-13H2,1-2H3. The Morgan fingerprint density at radius 2 is 2.09 bits per heavy atom. The lowest BCUT2D eigenvalue weighted by Gasteiger charge is -2.22. The Kier molecular flexibility index (Phi) is 5.34. The van der Waals surface area contributed by atoms with Crippen molar-refractivity contribution >= 4 is 5.52 Å². The van der Waals surface area contributed by atoms with Crippen molar-refractivity contribution in [1.82, 2.24) is 29.3 Å². The van der Waals surface area contributed by atoms with Gasteiger partial charge in [0.2, 0.25) is 0 Å². The average Bonchev–Trinajstić information content (AvgIpc) is 3.43. The minimum absolute atomic E-state index is 0.101. The van der Waals surface area contributed by atoms with Gasteiger partial charge >= 0.3 is 0 Å². The smallest absolute Gasteiger partial charge is 0.179 e. The Morgan fingerprint density at radius 1 is 1.24 bits per heavy atom. The molecule has 0 saturated heterocycles. The predicted molar refractivity (Wildman–Crippen MR) is 120 cm³/mol. The van der Waals surface area contributed by atoms with Crippen LogP contribution in [-0.2, 0) is 13.1 Å². The van der Waals surface area contributed by atoms with E-state index in [9.17, 15) is 14.9 Å². The molecule has 1 atom stereocenters. The predicted octanol–water partition coefficient (Wildman–Crippen LogP) is 3.39. The molecule has 0 radical (unpaired) electrons. The quantitative estimate of drug-likeness (QED) is 0.424. The lowest BCUT2D eigenvalue weighted by atomic mass is 10.1. The van der Waals surface area contributed by atoms with E-state index in [0.717, 1.165) is 22.5 Å². The van der Waals surface area contributed by atoms with E-state index in [-0.39, 0.29) is 18.3 Å². The van der Waals surface area contributed by atoms with Gasteiger partial charge in [-0.3, -0.25) is 9.67 Å². The number of aromatic nitrogens is 5. The van der Waals surface area contributed by atoms with Crippen LogP contribution in [-0.4, -0.2) is 42.4 Å². The lowest BCUT2D eigenvalue weighted by molar-refractivity contribution is 0.295. The Morgan fingerprint density at radius 3 is 2.82 bits per heavy atom. The molecular weight excluding hydrogens is 435 g/mol. The van der Waals surface area contributed by atoms with Crippen molar-refractivity contribution in [3.05, 3.63) is 65.1 Å². The fourth-order valence-electron chi connectivity index (χ4n) is 4.19. The summed E-state index contributed by atoms with van der Waals surface area (Å²) < 4.78 is 23.0. The van der Waals surface area contributed by atoms with E-state index in [2.05, 4.69) is 22.3 Å². The van der Waals surface area contributed by atoms with Crippen LogP contribution < -0.4 is 4.74 Å². The summed E-state index contributed by atoms with van der Waals surface area (Å²) in [6.07, 6.45) is 6.73. The lowest BCUT2D eigenvalue weighted by Crippen LogP contribution is -2.30. The number of fused-ring (bicyclic) bond motifs is 2. The van der Waals surface area contributed by atoms with Gasteiger partial charge in [-0.1, -0.05) is 6.92 Å². The second-order valence-electron chi connectivity index (χ2n) is 8.33. The molecule has 1 aliphatic rings. The van der Waals surface area contributed by atoms with Crippen molar-refractivity contribution in [2.45, 2.75) is 32.9 Å². The third-order valence-electron chi connectivity index (χ3n) is 6.10. The molecule has 0 fully saturated rings. The average molecular weight is 456 g/mol. The SMILES string of the molecule is Cc1c(-c2cc(OCC(C)c3ccc(F)cn3)c3c(C#N)cnn3c2)nn2c1CN(C#N)CC2. The zero-order valence-electron chi connectivity index (χ0n) is 18.7. The van der Waals surface area contributed by atoms with Gasteiger partial charge in [0.05, 0.1) is 43.5 Å². The number of pyridine rings is 2. The number of nitrogens with zero attached hydrogens (tertiary/aromatic N) is 8. The Bertz CT molecular complexity index is 1460. The molecule has 0 saturated carbocycles. The first-order valence-electron chi connectivity index (χ1n) is 10.9. The van der Waals surface area contributed by atoms with Crippen LogP contribution in [0.25, 0.3) is 16.8 Å². The topological polar surface area (TPSA) is 108 Å². The molecule has 0 N–H and O–H groups in total. The summed E-state index contributed by atoms with van der Waals surface area (Å²) in [6.45, 7) is 5.99. The summed E-state index contributed by atoms with van der Waals surface area (Å²) in [5.74, 6) is 0.0149. The maximum Gasteiger partial charge on any atom is 0.179 e. The van der Waals surface area contributed by atoms with Gasteiger partial charge in [-0.25, -0.2) is 8.91 Å². The van der Waals surface area contributed by atoms with Crippen molar-refractivity contribution in [3.63, 3.8) is 0 Å². The maximum absolute atomic E-state index is 13.2. The van der Waals surface area contributed by atoms with Crippen molar-refractivity contribution in [2.75, 3.05) is 13.2 Å². The molecule has 1 aliphatic heterocycles. The van der Waals surface area contributed by atoms with Crippen LogP contribution in [0.15, 0.2) is 36.8 Å². The molecule has 0 aliphatic carbocycles. The molecule has 34 heavy (non-hydrogen) atoms. The molecule has 0 amide bonds. The number of hydrogen-bond acceptors (Lipinski definition) is 7. The van der Waals surface area contributed by atoms with Gasteiger partial charge in [-0.15, -0.1) is 0 Å². The monoisotopic (exact) mass is 456 g/mol. The van der Waals surface area contributed by atoms with Gasteiger partial charge in [-0.05, 0) is 25.1 Å². The Hall–Kier alpha value is -4.44. The molecule has 0 spiro atoms. The first-order valence-corrected chi connectivity index (χ1v) is 10.9. The number of nitriles is 2. The molecule has 4 aromatic rings. The summed E-state index contributed by atoms with van der Waals surface area (Å²) in [6, 6.07) is 7.04. The fourth-order valence-corrected chi connectivity index (χ4v) is 4.19. The molecule has 5 heterocycles. The van der Waals surface area contributed by atoms with Crippen molar-refractivity contribution in [3.8, 4) is 29.3 Å². The van der Waals surface area contributed by atoms with Gasteiger partial charge in [0.1, 0.15) is 28.7 Å². The van der Waals surface area contributed by atoms with Crippen molar-refractivity contribution in [2.24, 2.45) is 0 Å². The van der Waals surface area contributed by atoms with Crippen LogP contribution in [0.1, 0.15) is 35.4 Å². The Balaban J connectivity index is 1.52. The first-order chi connectivity index (χ1) is 16.5. The van der Waals surface area contributed by atoms with E-state index >= 15 is 0 Å². The van der Waals surface area contributed by atoms with E-state index in [0.29, 0.717) is 42.2 Å². The highest BCUT2D eigenvalue weighted by molar-refractivity contribution is 5.75. The zero-order valence-corrected chi connectivity index (χ0v) is 18.7. The molecule has 9 nitrogen and oxygen atoms in total. The summed E-state index contributed by atoms with van der Waals surface area (Å²) >= 11 is 0. The summed E-state index contributed by atoms with van der Waals surface area (Å²) in [5.41, 5.74) is 5.25. The number of halogens is 1. The first kappa shape index (κ1) is 21.4. The number of rotatable bonds is 5. The molecule has 0 aromatic carbocycles. The minimum Gasteiger partial charge on any atom is -0.491 e. The van der Waals surface area contributed by atoms with Crippen LogP contribution in [0.5, 0.6) is 5.75 Å². The van der Waals surface area contributed by atoms with E-state index in [1.54, 1.807) is 15.5 Å². The van der Waals surface area contributed by atoms with E-state index in [1.807, 2.05) is 30.8 Å². The van der Waals surface area contributed by atoms with Gasteiger partial charge in [0.25, 0.3) is 0 Å². The Labute approximate surface area is 195 Å². The highest BCUT2D eigenvalue weighted by Gasteiger charge is 2.24. The van der Waals surface area contributed by atoms with Crippen LogP contribution in [0.3, 0.4) is 0 Å². The van der Waals surface area contributed by atoms with Gasteiger partial charge in [-0.2, -0.15) is 20.7 Å². The van der Waals surface area contributed by atoms with Crippen LogP contribution in [0.4, 0.5) is 4.39 Å². The van der Waals surface area contributed by atoms with Crippen molar-refractivity contribution in [1.29, 1.82) is 10.5 Å². The fraction of sp³-hybridized carbons (Fsp3) is 0.292. The molecule has 170 valence electrons. The van der Waals surface area contributed by atoms with Crippen LogP contribution in [0.2, 0.25) is 0 Å². The maximum atomic E-state index is 13.2. The summed E-state index contributed by atoms with van der Waals surface area (Å²) in [4.78, 5) is 5.85. The molecule has 1 unspecified atom stereocenters. The molecule has 0 bridgehead atoms.